The average molecular weight is 368 g/mol. The third-order valence-electron chi connectivity index (χ3n) is 5.34. The Bertz CT molecular complexity index is 1330. The van der Waals surface area contributed by atoms with E-state index in [1.807, 2.05) is 49.6 Å². The summed E-state index contributed by atoms with van der Waals surface area (Å²) in [7, 11) is 2.03. The molecule has 0 saturated heterocycles. The number of furan rings is 1. The van der Waals surface area contributed by atoms with Crippen molar-refractivity contribution in [3.8, 4) is 22.4 Å². The molecule has 0 aliphatic rings. The average Bonchev–Trinajstić information content (AvgIpc) is 3.08. The first-order chi connectivity index (χ1) is 13.6. The molecule has 0 radical (unpaired) electrons. The molecule has 3 aromatic carbocycles. The van der Waals surface area contributed by atoms with E-state index in [-0.39, 0.29) is 5.82 Å². The zero-order valence-corrected chi connectivity index (χ0v) is 15.7. The maximum atomic E-state index is 13.3. The summed E-state index contributed by atoms with van der Waals surface area (Å²) in [5.74, 6) is -0.228. The van der Waals surface area contributed by atoms with Gasteiger partial charge < -0.3 is 4.42 Å². The molecule has 2 heterocycles. The molecular formula is C25H19FNO+. The third-order valence-corrected chi connectivity index (χ3v) is 5.34. The highest BCUT2D eigenvalue weighted by Gasteiger charge is 2.21. The van der Waals surface area contributed by atoms with Crippen molar-refractivity contribution in [1.82, 2.24) is 0 Å². The van der Waals surface area contributed by atoms with Crippen LogP contribution >= 0.6 is 0 Å². The minimum atomic E-state index is -0.228. The number of nitrogens with zero attached hydrogens (tertiary/aromatic N) is 1. The van der Waals surface area contributed by atoms with Crippen molar-refractivity contribution in [3.05, 3.63) is 90.4 Å². The molecule has 2 nitrogen and oxygen atoms in total. The summed E-state index contributed by atoms with van der Waals surface area (Å²) in [6.45, 7) is 2.10. The van der Waals surface area contributed by atoms with E-state index in [1.54, 1.807) is 0 Å². The number of para-hydroxylation sites is 1. The van der Waals surface area contributed by atoms with Crippen LogP contribution in [0.5, 0.6) is 0 Å². The van der Waals surface area contributed by atoms with Gasteiger partial charge in [0, 0.05) is 22.9 Å². The van der Waals surface area contributed by atoms with Crippen molar-refractivity contribution in [1.29, 1.82) is 0 Å². The Kier molecular flexibility index (Phi) is 3.76. The summed E-state index contributed by atoms with van der Waals surface area (Å²) in [5.41, 5.74) is 7.11. The van der Waals surface area contributed by atoms with Gasteiger partial charge in [0.1, 0.15) is 24.0 Å². The number of aromatic nitrogens is 1. The molecule has 0 aliphatic heterocycles. The maximum absolute atomic E-state index is 13.3. The van der Waals surface area contributed by atoms with Gasteiger partial charge in [-0.15, -0.1) is 0 Å². The van der Waals surface area contributed by atoms with E-state index in [0.717, 1.165) is 49.9 Å². The molecule has 2 aromatic heterocycles. The lowest BCUT2D eigenvalue weighted by Crippen LogP contribution is -2.30. The van der Waals surface area contributed by atoms with Gasteiger partial charge in [-0.3, -0.25) is 0 Å². The largest absolute Gasteiger partial charge is 0.455 e. The lowest BCUT2D eigenvalue weighted by Gasteiger charge is -2.08. The molecule has 0 saturated carbocycles. The zero-order chi connectivity index (χ0) is 19.3. The number of halogens is 1. The summed E-state index contributed by atoms with van der Waals surface area (Å²) < 4.78 is 21.7. The van der Waals surface area contributed by atoms with Crippen molar-refractivity contribution in [3.63, 3.8) is 0 Å². The fourth-order valence-electron chi connectivity index (χ4n) is 3.85. The normalized spacial score (nSPS) is 11.4. The van der Waals surface area contributed by atoms with Gasteiger partial charge in [0.2, 0.25) is 5.69 Å². The lowest BCUT2D eigenvalue weighted by molar-refractivity contribution is -0.660. The molecule has 0 N–H and O–H groups in total. The molecule has 3 heteroatoms. The molecule has 5 rings (SSSR count). The molecule has 0 amide bonds. The standard InChI is InChI=1S/C25H19FNO/c1-16-7-12-21-20-5-3-4-6-23(20)28-25(21)24(16)22-15-18(13-14-27(22)2)17-8-10-19(26)11-9-17/h3-15H,1-2H3/q+1. The van der Waals surface area contributed by atoms with Crippen LogP contribution in [0.1, 0.15) is 5.56 Å². The number of hydrogen-bond acceptors (Lipinski definition) is 1. The van der Waals surface area contributed by atoms with E-state index in [2.05, 4.69) is 35.8 Å². The summed E-state index contributed by atoms with van der Waals surface area (Å²) in [6.07, 6.45) is 2.04. The van der Waals surface area contributed by atoms with Crippen LogP contribution in [0.3, 0.4) is 0 Å². The van der Waals surface area contributed by atoms with Crippen molar-refractivity contribution in [2.24, 2.45) is 7.05 Å². The minimum absolute atomic E-state index is 0.228. The van der Waals surface area contributed by atoms with Crippen LogP contribution < -0.4 is 4.57 Å². The maximum Gasteiger partial charge on any atom is 0.216 e. The molecule has 0 aliphatic carbocycles. The fraction of sp³-hybridized carbons (Fsp3) is 0.0800. The Hall–Kier alpha value is -3.46. The first kappa shape index (κ1) is 16.7. The fourth-order valence-corrected chi connectivity index (χ4v) is 3.85. The second kappa shape index (κ2) is 6.31. The highest BCUT2D eigenvalue weighted by Crippen LogP contribution is 2.37. The van der Waals surface area contributed by atoms with E-state index in [9.17, 15) is 4.39 Å². The molecule has 0 spiro atoms. The first-order valence-corrected chi connectivity index (χ1v) is 9.29. The number of aryl methyl sites for hydroxylation is 2. The molecule has 28 heavy (non-hydrogen) atoms. The number of benzene rings is 3. The van der Waals surface area contributed by atoms with Crippen LogP contribution in [0.4, 0.5) is 4.39 Å². The smallest absolute Gasteiger partial charge is 0.216 e. The van der Waals surface area contributed by atoms with Crippen LogP contribution in [0.25, 0.3) is 44.3 Å². The molecule has 0 unspecified atom stereocenters. The van der Waals surface area contributed by atoms with E-state index < -0.39 is 0 Å². The minimum Gasteiger partial charge on any atom is -0.455 e. The molecule has 0 bridgehead atoms. The Morgan fingerprint density at radius 1 is 0.821 bits per heavy atom. The SMILES string of the molecule is Cc1ccc2c(oc3ccccc32)c1-c1cc(-c2ccc(F)cc2)cc[n+]1C. The van der Waals surface area contributed by atoms with Gasteiger partial charge in [0.15, 0.2) is 6.20 Å². The molecule has 0 fully saturated rings. The summed E-state index contributed by atoms with van der Waals surface area (Å²) in [5, 5.41) is 2.24. The van der Waals surface area contributed by atoms with Crippen molar-refractivity contribution in [2.75, 3.05) is 0 Å². The second-order valence-electron chi connectivity index (χ2n) is 7.15. The quantitative estimate of drug-likeness (QED) is 0.339. The van der Waals surface area contributed by atoms with E-state index in [4.69, 9.17) is 4.42 Å². The number of hydrogen-bond donors (Lipinski definition) is 0. The van der Waals surface area contributed by atoms with E-state index in [0.29, 0.717) is 0 Å². The van der Waals surface area contributed by atoms with Crippen molar-refractivity contribution < 1.29 is 13.4 Å². The predicted octanol–water partition coefficient (Wildman–Crippen LogP) is 6.19. The van der Waals surface area contributed by atoms with Crippen molar-refractivity contribution in [2.45, 2.75) is 6.92 Å². The molecular weight excluding hydrogens is 349 g/mol. The Morgan fingerprint density at radius 3 is 2.43 bits per heavy atom. The van der Waals surface area contributed by atoms with Crippen LogP contribution in [-0.4, -0.2) is 0 Å². The van der Waals surface area contributed by atoms with Gasteiger partial charge in [-0.1, -0.05) is 42.5 Å². The number of rotatable bonds is 2. The Morgan fingerprint density at radius 2 is 1.61 bits per heavy atom. The van der Waals surface area contributed by atoms with Crippen LogP contribution in [0.15, 0.2) is 83.4 Å². The predicted molar refractivity (Wildman–Crippen MR) is 110 cm³/mol. The van der Waals surface area contributed by atoms with Gasteiger partial charge in [0.05, 0.1) is 5.56 Å². The van der Waals surface area contributed by atoms with Gasteiger partial charge >= 0.3 is 0 Å². The van der Waals surface area contributed by atoms with Crippen LogP contribution in [0, 0.1) is 12.7 Å². The Balaban J connectivity index is 1.79. The van der Waals surface area contributed by atoms with Gasteiger partial charge in [-0.05, 0) is 41.8 Å². The summed E-state index contributed by atoms with van der Waals surface area (Å²) in [6, 6.07) is 23.2. The van der Waals surface area contributed by atoms with Gasteiger partial charge in [-0.25, -0.2) is 8.96 Å². The molecule has 5 aromatic rings. The topological polar surface area (TPSA) is 17.0 Å². The Labute approximate surface area is 162 Å². The van der Waals surface area contributed by atoms with E-state index >= 15 is 0 Å². The van der Waals surface area contributed by atoms with Gasteiger partial charge in [0.25, 0.3) is 0 Å². The monoisotopic (exact) mass is 368 g/mol. The van der Waals surface area contributed by atoms with Crippen LogP contribution in [-0.2, 0) is 7.05 Å². The number of fused-ring (bicyclic) bond motifs is 3. The highest BCUT2D eigenvalue weighted by molar-refractivity contribution is 6.09. The lowest BCUT2D eigenvalue weighted by atomic mass is 9.98. The first-order valence-electron chi connectivity index (χ1n) is 9.29. The summed E-state index contributed by atoms with van der Waals surface area (Å²) in [4.78, 5) is 0. The number of pyridine rings is 1. The van der Waals surface area contributed by atoms with E-state index in [1.165, 1.54) is 12.1 Å². The molecule has 0 atom stereocenters. The van der Waals surface area contributed by atoms with Crippen LogP contribution in [0.2, 0.25) is 0 Å². The highest BCUT2D eigenvalue weighted by atomic mass is 19.1. The van der Waals surface area contributed by atoms with Crippen molar-refractivity contribution >= 4 is 21.9 Å². The second-order valence-corrected chi connectivity index (χ2v) is 7.15. The molecule has 136 valence electrons. The summed E-state index contributed by atoms with van der Waals surface area (Å²) >= 11 is 0. The van der Waals surface area contributed by atoms with Gasteiger partial charge in [-0.2, -0.15) is 0 Å². The third kappa shape index (κ3) is 2.59. The zero-order valence-electron chi connectivity index (χ0n) is 15.7.